The minimum absolute atomic E-state index is 0.595. The number of rotatable bonds is 6. The van der Waals surface area contributed by atoms with Gasteiger partial charge in [0, 0.05) is 16.7 Å². The molecular weight excluding hydrogens is 705 g/mol. The van der Waals surface area contributed by atoms with Crippen LogP contribution in [0, 0.1) is 6.57 Å². The van der Waals surface area contributed by atoms with E-state index in [0.29, 0.717) is 23.2 Å². The molecule has 0 saturated heterocycles. The lowest BCUT2D eigenvalue weighted by Crippen LogP contribution is -2.00. The average Bonchev–Trinajstić information content (AvgIpc) is 3.64. The topological polar surface area (TPSA) is 43.0 Å². The Balaban J connectivity index is 0.967. The van der Waals surface area contributed by atoms with Gasteiger partial charge in [0.2, 0.25) is 0 Å². The Labute approximate surface area is 336 Å². The van der Waals surface area contributed by atoms with Crippen molar-refractivity contribution in [3.05, 3.63) is 206 Å². The summed E-state index contributed by atoms with van der Waals surface area (Å²) in [7, 11) is 0. The van der Waals surface area contributed by atoms with E-state index in [1.165, 1.54) is 49.5 Å². The Hall–Kier alpha value is -8.00. The van der Waals surface area contributed by atoms with Crippen LogP contribution in [0.2, 0.25) is 0 Å². The lowest BCUT2D eigenvalue weighted by Gasteiger charge is -2.14. The summed E-state index contributed by atoms with van der Waals surface area (Å²) < 4.78 is 0. The molecule has 1 aliphatic rings. The smallest absolute Gasteiger partial charge is 0.187 e. The third-order valence-corrected chi connectivity index (χ3v) is 11.3. The molecule has 4 nitrogen and oxygen atoms in total. The van der Waals surface area contributed by atoms with Crippen molar-refractivity contribution < 1.29 is 0 Å². The molecule has 1 heterocycles. The summed E-state index contributed by atoms with van der Waals surface area (Å²) in [6.07, 6.45) is 0. The number of benzene rings is 9. The van der Waals surface area contributed by atoms with Crippen LogP contribution in [0.15, 0.2) is 194 Å². The lowest BCUT2D eigenvalue weighted by molar-refractivity contribution is 1.07. The Morgan fingerprint density at radius 2 is 0.828 bits per heavy atom. The minimum Gasteiger partial charge on any atom is -0.238 e. The fourth-order valence-electron chi connectivity index (χ4n) is 8.46. The van der Waals surface area contributed by atoms with E-state index in [0.717, 1.165) is 44.3 Å². The van der Waals surface area contributed by atoms with Gasteiger partial charge in [-0.15, -0.1) is 0 Å². The molecule has 0 aliphatic heterocycles. The zero-order chi connectivity index (χ0) is 38.6. The second-order valence-electron chi connectivity index (χ2n) is 14.7. The van der Waals surface area contributed by atoms with Gasteiger partial charge in [0.15, 0.2) is 23.2 Å². The summed E-state index contributed by atoms with van der Waals surface area (Å²) in [6, 6.07) is 67.6. The monoisotopic (exact) mass is 736 g/mol. The van der Waals surface area contributed by atoms with Crippen molar-refractivity contribution in [2.75, 3.05) is 0 Å². The largest absolute Gasteiger partial charge is 0.238 e. The molecule has 0 saturated carbocycles. The molecular formula is C54H32N4. The van der Waals surface area contributed by atoms with Gasteiger partial charge in [-0.2, -0.15) is 0 Å². The Morgan fingerprint density at radius 3 is 1.57 bits per heavy atom. The first-order valence-electron chi connectivity index (χ1n) is 19.4. The van der Waals surface area contributed by atoms with Crippen LogP contribution >= 0.6 is 0 Å². The maximum absolute atomic E-state index is 7.83. The van der Waals surface area contributed by atoms with E-state index in [1.54, 1.807) is 0 Å². The van der Waals surface area contributed by atoms with Crippen molar-refractivity contribution in [2.45, 2.75) is 0 Å². The molecule has 0 radical (unpaired) electrons. The SMILES string of the molecule is [C-]#[N+]c1ccc(-c2ccc(-c3ccc4cccc5c4c3-c3ccccc3-5)cc2)c(-c2ccc(-c3nc(-c4ccccc4)nc(-c4ccc5ccccc5c4)n3)cc2)c1. The van der Waals surface area contributed by atoms with Crippen molar-refractivity contribution >= 4 is 27.2 Å². The maximum atomic E-state index is 7.83. The molecule has 4 heteroatoms. The molecule has 0 bridgehead atoms. The number of aromatic nitrogens is 3. The molecule has 0 unspecified atom stereocenters. The summed E-state index contributed by atoms with van der Waals surface area (Å²) in [5, 5.41) is 4.88. The lowest BCUT2D eigenvalue weighted by atomic mass is 9.90. The number of hydrogen-bond acceptors (Lipinski definition) is 3. The van der Waals surface area contributed by atoms with Gasteiger partial charge in [-0.25, -0.2) is 19.8 Å². The van der Waals surface area contributed by atoms with E-state index in [9.17, 15) is 0 Å². The van der Waals surface area contributed by atoms with E-state index in [2.05, 4.69) is 144 Å². The third kappa shape index (κ3) is 5.65. The zero-order valence-electron chi connectivity index (χ0n) is 31.3. The zero-order valence-corrected chi connectivity index (χ0v) is 31.3. The third-order valence-electron chi connectivity index (χ3n) is 11.3. The Kier molecular flexibility index (Phi) is 7.84. The van der Waals surface area contributed by atoms with Crippen LogP contribution in [0.5, 0.6) is 0 Å². The van der Waals surface area contributed by atoms with Gasteiger partial charge in [-0.1, -0.05) is 182 Å². The molecule has 11 rings (SSSR count). The van der Waals surface area contributed by atoms with Gasteiger partial charge in [0.1, 0.15) is 0 Å². The van der Waals surface area contributed by atoms with Crippen molar-refractivity contribution in [1.29, 1.82) is 0 Å². The average molecular weight is 737 g/mol. The quantitative estimate of drug-likeness (QED) is 0.160. The van der Waals surface area contributed by atoms with Crippen LogP contribution in [0.25, 0.3) is 116 Å². The van der Waals surface area contributed by atoms with Gasteiger partial charge in [0.05, 0.1) is 6.57 Å². The molecule has 9 aromatic carbocycles. The Bertz CT molecular complexity index is 3270. The van der Waals surface area contributed by atoms with Gasteiger partial charge in [-0.05, 0) is 89.3 Å². The Morgan fingerprint density at radius 1 is 0.310 bits per heavy atom. The van der Waals surface area contributed by atoms with E-state index in [4.69, 9.17) is 21.5 Å². The van der Waals surface area contributed by atoms with Crippen LogP contribution in [-0.4, -0.2) is 15.0 Å². The first kappa shape index (κ1) is 33.3. The summed E-state index contributed by atoms with van der Waals surface area (Å²) in [5.41, 5.74) is 15.1. The predicted molar refractivity (Wildman–Crippen MR) is 238 cm³/mol. The van der Waals surface area contributed by atoms with Crippen LogP contribution in [-0.2, 0) is 0 Å². The highest BCUT2D eigenvalue weighted by molar-refractivity contribution is 6.19. The summed E-state index contributed by atoms with van der Waals surface area (Å²) in [5.74, 6) is 1.84. The number of nitrogens with zero attached hydrogens (tertiary/aromatic N) is 4. The maximum Gasteiger partial charge on any atom is 0.187 e. The highest BCUT2D eigenvalue weighted by atomic mass is 15.0. The van der Waals surface area contributed by atoms with Gasteiger partial charge in [0.25, 0.3) is 0 Å². The van der Waals surface area contributed by atoms with E-state index >= 15 is 0 Å². The minimum atomic E-state index is 0.595. The fourth-order valence-corrected chi connectivity index (χ4v) is 8.46. The van der Waals surface area contributed by atoms with Crippen molar-refractivity contribution in [3.63, 3.8) is 0 Å². The first-order chi connectivity index (χ1) is 28.7. The van der Waals surface area contributed by atoms with Crippen LogP contribution in [0.3, 0.4) is 0 Å². The molecule has 0 atom stereocenters. The fraction of sp³-hybridized carbons (Fsp3) is 0. The van der Waals surface area contributed by atoms with Crippen molar-refractivity contribution in [1.82, 2.24) is 15.0 Å². The normalized spacial score (nSPS) is 11.4. The molecule has 268 valence electrons. The van der Waals surface area contributed by atoms with Gasteiger partial charge in [-0.3, -0.25) is 0 Å². The molecule has 58 heavy (non-hydrogen) atoms. The van der Waals surface area contributed by atoms with Crippen LogP contribution < -0.4 is 0 Å². The van der Waals surface area contributed by atoms with Crippen LogP contribution in [0.4, 0.5) is 5.69 Å². The second-order valence-corrected chi connectivity index (χ2v) is 14.7. The first-order valence-corrected chi connectivity index (χ1v) is 19.4. The molecule has 0 amide bonds. The molecule has 1 aliphatic carbocycles. The van der Waals surface area contributed by atoms with Crippen molar-refractivity contribution in [3.8, 4) is 89.8 Å². The van der Waals surface area contributed by atoms with Gasteiger partial charge < -0.3 is 0 Å². The van der Waals surface area contributed by atoms with E-state index in [1.807, 2.05) is 54.6 Å². The van der Waals surface area contributed by atoms with E-state index in [-0.39, 0.29) is 0 Å². The molecule has 1 aromatic heterocycles. The highest BCUT2D eigenvalue weighted by Crippen LogP contribution is 2.51. The standard InChI is InChI=1S/C54H32N4/c1-55-43-29-31-44(35-19-21-36(22-20-35)45-30-28-38-14-9-17-47-46-15-7-8-16-48(46)51(45)50(38)47)49(33-43)37-23-25-40(26-24-37)53-56-52(39-11-3-2-4-12-39)57-54(58-53)42-27-18-34-10-5-6-13-41(34)32-42/h2-33H. The van der Waals surface area contributed by atoms with Crippen LogP contribution in [0.1, 0.15) is 0 Å². The second kappa shape index (κ2) is 13.6. The summed E-state index contributed by atoms with van der Waals surface area (Å²) in [4.78, 5) is 18.7. The van der Waals surface area contributed by atoms with E-state index < -0.39 is 0 Å². The highest BCUT2D eigenvalue weighted by Gasteiger charge is 2.24. The molecule has 0 fully saturated rings. The van der Waals surface area contributed by atoms with Gasteiger partial charge >= 0.3 is 0 Å². The number of fused-ring (bicyclic) bond motifs is 4. The number of hydrogen-bond donors (Lipinski definition) is 0. The van der Waals surface area contributed by atoms with Crippen molar-refractivity contribution in [2.24, 2.45) is 0 Å². The summed E-state index contributed by atoms with van der Waals surface area (Å²) in [6.45, 7) is 7.83. The molecule has 0 spiro atoms. The molecule has 10 aromatic rings. The predicted octanol–water partition coefficient (Wildman–Crippen LogP) is 14.4. The molecule has 0 N–H and O–H groups in total. The summed E-state index contributed by atoms with van der Waals surface area (Å²) >= 11 is 0.